The van der Waals surface area contributed by atoms with Gasteiger partial charge in [0.2, 0.25) is 0 Å². The number of anilines is 1. The Morgan fingerprint density at radius 3 is 2.89 bits per heavy atom. The van der Waals surface area contributed by atoms with Crippen LogP contribution in [0.1, 0.15) is 12.6 Å². The molecule has 4 rings (SSSR count). The van der Waals surface area contributed by atoms with Crippen LogP contribution < -0.4 is 4.90 Å². The molecule has 1 saturated heterocycles. The number of aromatic nitrogens is 3. The number of nitrogens with one attached hydrogen (secondary N) is 1. The van der Waals surface area contributed by atoms with Gasteiger partial charge in [0.05, 0.1) is 18.9 Å². The lowest BCUT2D eigenvalue weighted by Crippen LogP contribution is -2.43. The Kier molecular flexibility index (Phi) is 4.84. The molecule has 8 heteroatoms. The lowest BCUT2D eigenvalue weighted by Gasteiger charge is -2.35. The number of rotatable bonds is 3. The first kappa shape index (κ1) is 18.9. The number of morpholine rings is 1. The minimum absolute atomic E-state index is 0.247. The van der Waals surface area contributed by atoms with Crippen LogP contribution >= 0.6 is 0 Å². The molecular weight excluding hydrogens is 374 g/mol. The average Bonchev–Trinajstić information content (AvgIpc) is 3.00. The van der Waals surface area contributed by atoms with Crippen LogP contribution in [0.3, 0.4) is 0 Å². The molecule has 0 spiro atoms. The van der Waals surface area contributed by atoms with Crippen LogP contribution in [0.15, 0.2) is 34.8 Å². The number of hydrogen-bond acceptors (Lipinski definition) is 6. The first-order valence-electron chi connectivity index (χ1n) is 9.28. The van der Waals surface area contributed by atoms with Crippen molar-refractivity contribution in [1.29, 1.82) is 0 Å². The molecule has 28 heavy (non-hydrogen) atoms. The number of aryl methyl sites for hydroxylation is 1. The zero-order valence-corrected chi connectivity index (χ0v) is 17.4. The molecule has 0 radical (unpaired) electrons. The van der Waals surface area contributed by atoms with Gasteiger partial charge in [0, 0.05) is 69.4 Å². The molecule has 4 heterocycles. The zero-order valence-electron chi connectivity index (χ0n) is 16.6. The smallest absolute Gasteiger partial charge is 0.164 e. The fourth-order valence-corrected chi connectivity index (χ4v) is 4.11. The Bertz CT molecular complexity index is 1140. The Balaban J connectivity index is 1.92. The van der Waals surface area contributed by atoms with Crippen LogP contribution in [0.2, 0.25) is 0 Å². The van der Waals surface area contributed by atoms with Crippen molar-refractivity contribution in [2.24, 2.45) is 4.36 Å². The third-order valence-electron chi connectivity index (χ3n) is 4.75. The maximum atomic E-state index is 12.3. The minimum atomic E-state index is -2.32. The van der Waals surface area contributed by atoms with Crippen molar-refractivity contribution in [3.05, 3.63) is 36.2 Å². The van der Waals surface area contributed by atoms with E-state index in [1.165, 1.54) is 0 Å². The van der Waals surface area contributed by atoms with Gasteiger partial charge in [0.15, 0.2) is 5.82 Å². The highest BCUT2D eigenvalue weighted by Gasteiger charge is 2.21. The van der Waals surface area contributed by atoms with Crippen LogP contribution in [0.4, 0.5) is 11.5 Å². The number of fused-ring (bicyclic) bond motifs is 1. The molecular formula is C20H25N5O2S. The molecule has 0 bridgehead atoms. The molecule has 1 atom stereocenters. The van der Waals surface area contributed by atoms with Gasteiger partial charge in [-0.15, -0.1) is 0 Å². The van der Waals surface area contributed by atoms with Gasteiger partial charge in [0.25, 0.3) is 0 Å². The van der Waals surface area contributed by atoms with Crippen LogP contribution in [0, 0.1) is 6.92 Å². The second kappa shape index (κ2) is 7.18. The maximum absolute atomic E-state index is 12.3. The highest BCUT2D eigenvalue weighted by atomic mass is 32.2. The van der Waals surface area contributed by atoms with Gasteiger partial charge in [-0.05, 0) is 32.0 Å². The van der Waals surface area contributed by atoms with Gasteiger partial charge in [-0.1, -0.05) is 0 Å². The molecule has 148 valence electrons. The molecule has 1 aliphatic rings. The summed E-state index contributed by atoms with van der Waals surface area (Å²) < 4.78 is 22.3. The Labute approximate surface area is 165 Å². The second-order valence-electron chi connectivity index (χ2n) is 7.53. The first-order chi connectivity index (χ1) is 13.3. The van der Waals surface area contributed by atoms with E-state index in [4.69, 9.17) is 9.72 Å². The van der Waals surface area contributed by atoms with Gasteiger partial charge >= 0.3 is 0 Å². The lowest BCUT2D eigenvalue weighted by molar-refractivity contribution is 0.0989. The summed E-state index contributed by atoms with van der Waals surface area (Å²) >= 11 is 0. The number of hydrogen-bond donors (Lipinski definition) is 1. The Morgan fingerprint density at radius 1 is 1.32 bits per heavy atom. The lowest BCUT2D eigenvalue weighted by atomic mass is 10.1. The van der Waals surface area contributed by atoms with Crippen LogP contribution in [-0.4, -0.2) is 57.5 Å². The average molecular weight is 400 g/mol. The summed E-state index contributed by atoms with van der Waals surface area (Å²) in [6, 6.07) is 8.27. The van der Waals surface area contributed by atoms with E-state index in [1.54, 1.807) is 18.7 Å². The highest BCUT2D eigenvalue weighted by molar-refractivity contribution is 7.92. The molecule has 0 saturated carbocycles. The fourth-order valence-electron chi connectivity index (χ4n) is 3.57. The van der Waals surface area contributed by atoms with Gasteiger partial charge in [-0.25, -0.2) is 14.2 Å². The van der Waals surface area contributed by atoms with E-state index in [0.29, 0.717) is 19.0 Å². The Hall–Kier alpha value is -2.45. The summed E-state index contributed by atoms with van der Waals surface area (Å²) in [5.74, 6) is 0.485. The van der Waals surface area contributed by atoms with E-state index in [-0.39, 0.29) is 6.04 Å². The zero-order chi connectivity index (χ0) is 19.9. The molecule has 3 aromatic rings. The molecule has 0 amide bonds. The second-order valence-corrected chi connectivity index (χ2v) is 10.1. The summed E-state index contributed by atoms with van der Waals surface area (Å²) in [5, 5.41) is 1.01. The molecule has 1 N–H and O–H groups in total. The summed E-state index contributed by atoms with van der Waals surface area (Å²) in [7, 11) is -2.32. The van der Waals surface area contributed by atoms with Crippen molar-refractivity contribution >= 4 is 32.3 Å². The van der Waals surface area contributed by atoms with Crippen molar-refractivity contribution in [2.75, 3.05) is 37.2 Å². The molecule has 0 aliphatic carbocycles. The van der Waals surface area contributed by atoms with Crippen molar-refractivity contribution in [3.8, 4) is 11.3 Å². The number of pyridine rings is 2. The molecule has 0 unspecified atom stereocenters. The van der Waals surface area contributed by atoms with Crippen molar-refractivity contribution < 1.29 is 8.95 Å². The summed E-state index contributed by atoms with van der Waals surface area (Å²) in [6.07, 6.45) is 5.02. The van der Waals surface area contributed by atoms with Gasteiger partial charge in [-0.2, -0.15) is 4.36 Å². The Morgan fingerprint density at radius 2 is 2.14 bits per heavy atom. The number of H-pyrrole nitrogens is 1. The third kappa shape index (κ3) is 3.88. The maximum Gasteiger partial charge on any atom is 0.164 e. The normalized spacial score (nSPS) is 17.9. The van der Waals surface area contributed by atoms with Crippen LogP contribution in [0.5, 0.6) is 0 Å². The quantitative estimate of drug-likeness (QED) is 0.729. The van der Waals surface area contributed by atoms with Crippen molar-refractivity contribution in [2.45, 2.75) is 19.9 Å². The highest BCUT2D eigenvalue weighted by Crippen LogP contribution is 2.33. The van der Waals surface area contributed by atoms with Crippen molar-refractivity contribution in [3.63, 3.8) is 0 Å². The molecule has 7 nitrogen and oxygen atoms in total. The van der Waals surface area contributed by atoms with Gasteiger partial charge in [0.1, 0.15) is 5.65 Å². The van der Waals surface area contributed by atoms with Gasteiger partial charge in [-0.3, -0.25) is 0 Å². The number of aromatic amines is 1. The van der Waals surface area contributed by atoms with E-state index < -0.39 is 9.73 Å². The summed E-state index contributed by atoms with van der Waals surface area (Å²) in [5.41, 5.74) is 4.66. The van der Waals surface area contributed by atoms with Crippen molar-refractivity contribution in [1.82, 2.24) is 15.0 Å². The van der Waals surface area contributed by atoms with Crippen LogP contribution in [0.25, 0.3) is 22.3 Å². The molecule has 0 aromatic carbocycles. The van der Waals surface area contributed by atoms with Gasteiger partial charge < -0.3 is 14.6 Å². The number of nitrogens with zero attached hydrogens (tertiary/aromatic N) is 4. The fraction of sp³-hybridized carbons (Fsp3) is 0.400. The van der Waals surface area contributed by atoms with E-state index in [0.717, 1.165) is 40.2 Å². The predicted molar refractivity (Wildman–Crippen MR) is 114 cm³/mol. The monoisotopic (exact) mass is 399 g/mol. The van der Waals surface area contributed by atoms with Crippen LogP contribution in [-0.2, 0) is 14.5 Å². The van der Waals surface area contributed by atoms with E-state index in [9.17, 15) is 4.21 Å². The van der Waals surface area contributed by atoms with E-state index >= 15 is 0 Å². The number of ether oxygens (including phenoxy) is 1. The largest absolute Gasteiger partial charge is 0.377 e. The standard InChI is InChI=1S/C20H25N5O2S/c1-13-9-17-16(5-6-21-20(17)22-13)18-10-15(25-7-8-27-12-14(25)2)11-19(23-18)24-28(3,4)26/h5-6,9-11,14H,7-8,12H2,1-4H3,(H,21,22)/t14-/m1/s1. The van der Waals surface area contributed by atoms with E-state index in [1.807, 2.05) is 19.1 Å². The first-order valence-corrected chi connectivity index (χ1v) is 11.6. The molecule has 1 aliphatic heterocycles. The minimum Gasteiger partial charge on any atom is -0.377 e. The van der Waals surface area contributed by atoms with E-state index in [2.05, 4.69) is 38.3 Å². The topological polar surface area (TPSA) is 83.5 Å². The predicted octanol–water partition coefficient (Wildman–Crippen LogP) is 3.52. The SMILES string of the molecule is Cc1cc2c(-c3cc(N4CCOC[C@H]4C)cc(N=S(C)(C)=O)n3)ccnc2[nH]1. The summed E-state index contributed by atoms with van der Waals surface area (Å²) in [4.78, 5) is 14.7. The molecule has 3 aromatic heterocycles. The summed E-state index contributed by atoms with van der Waals surface area (Å²) in [6.45, 7) is 6.31. The molecule has 1 fully saturated rings. The third-order valence-corrected chi connectivity index (χ3v) is 5.38.